The number of ether oxygens (including phenoxy) is 5. The van der Waals surface area contributed by atoms with Crippen LogP contribution in [-0.4, -0.2) is 46.3 Å². The lowest BCUT2D eigenvalue weighted by Gasteiger charge is -2.44. The summed E-state index contributed by atoms with van der Waals surface area (Å²) in [5.41, 5.74) is 1.33. The van der Waals surface area contributed by atoms with E-state index in [0.29, 0.717) is 28.6 Å². The summed E-state index contributed by atoms with van der Waals surface area (Å²) in [5.74, 6) is 0.731. The van der Waals surface area contributed by atoms with E-state index in [0.717, 1.165) is 11.1 Å². The maximum Gasteiger partial charge on any atom is 0.303 e. The van der Waals surface area contributed by atoms with Crippen LogP contribution in [-0.2, 0) is 14.9 Å². The number of hydrogen-bond donors (Lipinski definition) is 0. The van der Waals surface area contributed by atoms with Crippen LogP contribution in [0.1, 0.15) is 48.2 Å². The van der Waals surface area contributed by atoms with E-state index in [1.54, 1.807) is 33.5 Å². The van der Waals surface area contributed by atoms with Crippen LogP contribution in [0, 0.1) is 0 Å². The molecule has 7 heteroatoms. The zero-order valence-electron chi connectivity index (χ0n) is 18.9. The van der Waals surface area contributed by atoms with Gasteiger partial charge < -0.3 is 23.7 Å². The zero-order chi connectivity index (χ0) is 22.9. The van der Waals surface area contributed by atoms with Crippen LogP contribution in [0.5, 0.6) is 23.0 Å². The molecule has 2 aromatic rings. The van der Waals surface area contributed by atoms with Crippen LogP contribution < -0.4 is 18.9 Å². The molecule has 0 heterocycles. The highest BCUT2D eigenvalue weighted by Gasteiger charge is 2.51. The molecule has 0 saturated carbocycles. The van der Waals surface area contributed by atoms with Gasteiger partial charge in [-0.2, -0.15) is 0 Å². The van der Waals surface area contributed by atoms with Gasteiger partial charge in [0, 0.05) is 24.3 Å². The molecule has 0 radical (unpaired) electrons. The summed E-state index contributed by atoms with van der Waals surface area (Å²) in [4.78, 5) is 25.6. The van der Waals surface area contributed by atoms with Crippen molar-refractivity contribution in [3.8, 4) is 23.0 Å². The molecule has 0 saturated heterocycles. The fourth-order valence-corrected chi connectivity index (χ4v) is 4.41. The molecule has 0 spiro atoms. The third kappa shape index (κ3) is 3.80. The highest BCUT2D eigenvalue weighted by Crippen LogP contribution is 2.52. The average molecular weight is 428 g/mol. The van der Waals surface area contributed by atoms with E-state index in [9.17, 15) is 9.59 Å². The second-order valence-corrected chi connectivity index (χ2v) is 7.96. The van der Waals surface area contributed by atoms with Crippen LogP contribution in [0.15, 0.2) is 30.3 Å². The molecule has 0 amide bonds. The normalized spacial score (nSPS) is 19.3. The van der Waals surface area contributed by atoms with Crippen LogP contribution in [0.2, 0.25) is 0 Å². The Labute approximate surface area is 182 Å². The highest BCUT2D eigenvalue weighted by atomic mass is 16.5. The number of carbonyl (C=O) groups is 2. The van der Waals surface area contributed by atoms with Crippen LogP contribution in [0.25, 0.3) is 0 Å². The minimum Gasteiger partial charge on any atom is -0.497 e. The van der Waals surface area contributed by atoms with Crippen molar-refractivity contribution in [2.45, 2.75) is 38.2 Å². The van der Waals surface area contributed by atoms with Crippen molar-refractivity contribution in [1.29, 1.82) is 0 Å². The van der Waals surface area contributed by atoms with Crippen LogP contribution in [0.3, 0.4) is 0 Å². The monoisotopic (exact) mass is 428 g/mol. The molecule has 2 atom stereocenters. The van der Waals surface area contributed by atoms with E-state index >= 15 is 0 Å². The van der Waals surface area contributed by atoms with Gasteiger partial charge in [0.25, 0.3) is 0 Å². The lowest BCUT2D eigenvalue weighted by Crippen LogP contribution is -2.47. The molecule has 166 valence electrons. The predicted octanol–water partition coefficient (Wildman–Crippen LogP) is 3.91. The van der Waals surface area contributed by atoms with Gasteiger partial charge >= 0.3 is 5.97 Å². The van der Waals surface area contributed by atoms with Crippen molar-refractivity contribution in [3.05, 3.63) is 47.0 Å². The van der Waals surface area contributed by atoms with E-state index in [-0.39, 0.29) is 5.78 Å². The largest absolute Gasteiger partial charge is 0.497 e. The third-order valence-electron chi connectivity index (χ3n) is 5.87. The molecular weight excluding hydrogens is 400 g/mol. The third-order valence-corrected chi connectivity index (χ3v) is 5.87. The van der Waals surface area contributed by atoms with Crippen molar-refractivity contribution >= 4 is 11.8 Å². The molecule has 0 aromatic heterocycles. The fraction of sp³-hybridized carbons (Fsp3) is 0.417. The van der Waals surface area contributed by atoms with Gasteiger partial charge in [-0.15, -0.1) is 0 Å². The topological polar surface area (TPSA) is 80.3 Å². The van der Waals surface area contributed by atoms with Crippen molar-refractivity contribution in [1.82, 2.24) is 0 Å². The molecular formula is C24H28O7. The van der Waals surface area contributed by atoms with Gasteiger partial charge in [-0.3, -0.25) is 9.59 Å². The molecule has 7 nitrogen and oxygen atoms in total. The molecule has 0 aliphatic heterocycles. The maximum absolute atomic E-state index is 13.6. The zero-order valence-corrected chi connectivity index (χ0v) is 18.9. The Morgan fingerprint density at radius 3 is 2.06 bits per heavy atom. The van der Waals surface area contributed by atoms with E-state index in [1.807, 2.05) is 32.0 Å². The Bertz CT molecular complexity index is 1010. The molecule has 3 rings (SSSR count). The first-order valence-corrected chi connectivity index (χ1v) is 9.89. The molecule has 31 heavy (non-hydrogen) atoms. The molecule has 1 aliphatic rings. The summed E-state index contributed by atoms with van der Waals surface area (Å²) in [6, 6.07) is 8.96. The number of carbonyl (C=O) groups excluding carboxylic acids is 2. The van der Waals surface area contributed by atoms with Gasteiger partial charge in [0.1, 0.15) is 11.5 Å². The summed E-state index contributed by atoms with van der Waals surface area (Å²) in [6.45, 7) is 5.32. The molecule has 2 aromatic carbocycles. The average Bonchev–Trinajstić information content (AvgIpc) is 2.75. The van der Waals surface area contributed by atoms with E-state index in [1.165, 1.54) is 14.0 Å². The summed E-state index contributed by atoms with van der Waals surface area (Å²) < 4.78 is 27.4. The number of benzene rings is 2. The molecule has 0 fully saturated rings. The van der Waals surface area contributed by atoms with Gasteiger partial charge in [-0.05, 0) is 29.3 Å². The fourth-order valence-electron chi connectivity index (χ4n) is 4.41. The number of methoxy groups -OCH3 is 4. The van der Waals surface area contributed by atoms with Crippen molar-refractivity contribution in [2.24, 2.45) is 0 Å². The minimum absolute atomic E-state index is 0.316. The molecule has 0 bridgehead atoms. The molecule has 0 N–H and O–H groups in total. The van der Waals surface area contributed by atoms with Gasteiger partial charge in [-0.25, -0.2) is 0 Å². The number of esters is 1. The Balaban J connectivity index is 2.30. The number of rotatable bonds is 6. The van der Waals surface area contributed by atoms with Gasteiger partial charge in [0.05, 0.1) is 34.0 Å². The first kappa shape index (κ1) is 22.5. The Kier molecular flexibility index (Phi) is 6.15. The summed E-state index contributed by atoms with van der Waals surface area (Å²) in [5, 5.41) is 0. The first-order valence-electron chi connectivity index (χ1n) is 9.89. The molecule has 1 aliphatic carbocycles. The lowest BCUT2D eigenvalue weighted by atomic mass is 9.61. The summed E-state index contributed by atoms with van der Waals surface area (Å²) in [6.07, 6.45) is -1.03. The number of fused-ring (bicyclic) bond motifs is 1. The minimum atomic E-state index is -1.03. The Morgan fingerprint density at radius 1 is 0.871 bits per heavy atom. The van der Waals surface area contributed by atoms with Crippen molar-refractivity contribution < 1.29 is 33.3 Å². The number of hydrogen-bond acceptors (Lipinski definition) is 7. The van der Waals surface area contributed by atoms with E-state index in [2.05, 4.69) is 0 Å². The van der Waals surface area contributed by atoms with Crippen molar-refractivity contribution in [3.63, 3.8) is 0 Å². The number of Topliss-reactive ketones (excluding diaryl/α,β-unsaturated/α-hetero) is 1. The summed E-state index contributed by atoms with van der Waals surface area (Å²) >= 11 is 0. The lowest BCUT2D eigenvalue weighted by molar-refractivity contribution is -0.146. The van der Waals surface area contributed by atoms with Gasteiger partial charge in [0.2, 0.25) is 5.78 Å². The second-order valence-electron chi connectivity index (χ2n) is 7.96. The summed E-state index contributed by atoms with van der Waals surface area (Å²) in [7, 11) is 6.17. The van der Waals surface area contributed by atoms with Gasteiger partial charge in [0.15, 0.2) is 17.6 Å². The first-order chi connectivity index (χ1) is 14.7. The SMILES string of the molecule is COc1cc(OC)c2c(c1)C(C)(C)[C@@H](c1ccc(OC)c(OC)c1)[C@H](OC(C)=O)C2=O. The molecule has 0 unspecified atom stereocenters. The van der Waals surface area contributed by atoms with Gasteiger partial charge in [-0.1, -0.05) is 19.9 Å². The van der Waals surface area contributed by atoms with E-state index < -0.39 is 23.4 Å². The smallest absolute Gasteiger partial charge is 0.303 e. The van der Waals surface area contributed by atoms with Crippen LogP contribution >= 0.6 is 0 Å². The van der Waals surface area contributed by atoms with E-state index in [4.69, 9.17) is 23.7 Å². The maximum atomic E-state index is 13.6. The standard InChI is InChI=1S/C24H28O7/c1-13(25)31-23-21(14-8-9-17(28-5)18(10-14)29-6)24(2,3)16-11-15(27-4)12-19(30-7)20(16)22(23)26/h8-12,21,23H,1-7H3/t21-,23-/m0/s1. The van der Waals surface area contributed by atoms with Crippen molar-refractivity contribution in [2.75, 3.05) is 28.4 Å². The predicted molar refractivity (Wildman–Crippen MR) is 115 cm³/mol. The Hall–Kier alpha value is -3.22. The number of ketones is 1. The second kappa shape index (κ2) is 8.49. The quantitative estimate of drug-likeness (QED) is 0.645. The highest BCUT2D eigenvalue weighted by molar-refractivity contribution is 6.06. The van der Waals surface area contributed by atoms with Crippen LogP contribution in [0.4, 0.5) is 0 Å². The Morgan fingerprint density at radius 2 is 1.52 bits per heavy atom.